The Balaban J connectivity index is 2.01. The number of aryl methyl sites for hydroxylation is 2. The van der Waals surface area contributed by atoms with E-state index in [1.165, 1.54) is 20.3 Å². The molecule has 164 valence electrons. The molecule has 0 bridgehead atoms. The topological polar surface area (TPSA) is 94.2 Å². The molecule has 0 aliphatic carbocycles. The van der Waals surface area contributed by atoms with Gasteiger partial charge in [0.2, 0.25) is 15.9 Å². The molecule has 1 N–H and O–H groups in total. The molecule has 0 aromatic heterocycles. The number of methoxy groups -OCH3 is 2. The number of carbonyl (C=O) groups is 1. The largest absolute Gasteiger partial charge is 0.497 e. The van der Waals surface area contributed by atoms with Crippen LogP contribution in [0.4, 0.5) is 5.69 Å². The molecule has 0 aliphatic heterocycles. The average Bonchev–Trinajstić information content (AvgIpc) is 2.69. The van der Waals surface area contributed by atoms with E-state index in [1.54, 1.807) is 12.1 Å². The van der Waals surface area contributed by atoms with Crippen LogP contribution in [-0.2, 0) is 14.8 Å². The molecule has 0 fully saturated rings. The fourth-order valence-electron chi connectivity index (χ4n) is 2.87. The zero-order valence-electron chi connectivity index (χ0n) is 17.9. The standard InChI is InChI=1S/C21H28N2O6S/c1-15-6-9-19(16(2)12-15)29-11-10-22-21(24)14-23(30(5,25)26)18-8-7-17(27-3)13-20(18)28-4/h6-9,12-13H,10-11,14H2,1-5H3,(H,22,24). The first-order valence-corrected chi connectivity index (χ1v) is 11.2. The molecule has 9 heteroatoms. The molecule has 0 heterocycles. The molecule has 30 heavy (non-hydrogen) atoms. The summed E-state index contributed by atoms with van der Waals surface area (Å²) >= 11 is 0. The van der Waals surface area contributed by atoms with Gasteiger partial charge in [0.15, 0.2) is 0 Å². The summed E-state index contributed by atoms with van der Waals surface area (Å²) < 4.78 is 41.7. The third-order valence-corrected chi connectivity index (χ3v) is 5.48. The van der Waals surface area contributed by atoms with Crippen molar-refractivity contribution in [3.05, 3.63) is 47.5 Å². The molecule has 2 aromatic rings. The summed E-state index contributed by atoms with van der Waals surface area (Å²) in [6.45, 7) is 4.07. The van der Waals surface area contributed by atoms with E-state index < -0.39 is 15.9 Å². The van der Waals surface area contributed by atoms with Crippen LogP contribution in [0.25, 0.3) is 0 Å². The van der Waals surface area contributed by atoms with Gasteiger partial charge in [0.25, 0.3) is 0 Å². The van der Waals surface area contributed by atoms with E-state index in [0.717, 1.165) is 27.4 Å². The highest BCUT2D eigenvalue weighted by atomic mass is 32.2. The molecule has 2 aromatic carbocycles. The van der Waals surface area contributed by atoms with Crippen molar-refractivity contribution >= 4 is 21.6 Å². The molecular formula is C21H28N2O6S. The van der Waals surface area contributed by atoms with E-state index >= 15 is 0 Å². The SMILES string of the molecule is COc1ccc(N(CC(=O)NCCOc2ccc(C)cc2C)S(C)(=O)=O)c(OC)c1. The maximum absolute atomic E-state index is 12.4. The Morgan fingerprint density at radius 2 is 1.77 bits per heavy atom. The minimum atomic E-state index is -3.73. The highest BCUT2D eigenvalue weighted by Gasteiger charge is 2.24. The lowest BCUT2D eigenvalue weighted by atomic mass is 10.1. The van der Waals surface area contributed by atoms with E-state index in [-0.39, 0.29) is 31.1 Å². The van der Waals surface area contributed by atoms with Gasteiger partial charge in [-0.3, -0.25) is 9.10 Å². The number of nitrogens with zero attached hydrogens (tertiary/aromatic N) is 1. The quantitative estimate of drug-likeness (QED) is 0.575. The first-order chi connectivity index (χ1) is 14.2. The summed E-state index contributed by atoms with van der Waals surface area (Å²) in [4.78, 5) is 12.4. The predicted molar refractivity (Wildman–Crippen MR) is 116 cm³/mol. The summed E-state index contributed by atoms with van der Waals surface area (Å²) in [5.74, 6) is 1.08. The Kier molecular flexibility index (Phi) is 7.93. The molecule has 0 saturated heterocycles. The Hall–Kier alpha value is -2.94. The summed E-state index contributed by atoms with van der Waals surface area (Å²) in [7, 11) is -0.812. The van der Waals surface area contributed by atoms with Crippen LogP contribution in [0.15, 0.2) is 36.4 Å². The van der Waals surface area contributed by atoms with Crippen molar-refractivity contribution in [1.29, 1.82) is 0 Å². The minimum Gasteiger partial charge on any atom is -0.497 e. The number of carbonyl (C=O) groups excluding carboxylic acids is 1. The lowest BCUT2D eigenvalue weighted by molar-refractivity contribution is -0.119. The molecule has 0 saturated carbocycles. The van der Waals surface area contributed by atoms with Crippen molar-refractivity contribution in [3.63, 3.8) is 0 Å². The third kappa shape index (κ3) is 6.28. The lowest BCUT2D eigenvalue weighted by Gasteiger charge is -2.24. The minimum absolute atomic E-state index is 0.240. The molecule has 0 spiro atoms. The average molecular weight is 437 g/mol. The number of amides is 1. The van der Waals surface area contributed by atoms with Gasteiger partial charge in [-0.15, -0.1) is 0 Å². The fraction of sp³-hybridized carbons (Fsp3) is 0.381. The molecule has 0 radical (unpaired) electrons. The number of rotatable bonds is 10. The molecule has 0 unspecified atom stereocenters. The predicted octanol–water partition coefficient (Wildman–Crippen LogP) is 2.28. The van der Waals surface area contributed by atoms with Gasteiger partial charge in [-0.2, -0.15) is 0 Å². The van der Waals surface area contributed by atoms with Crippen LogP contribution in [0.1, 0.15) is 11.1 Å². The number of ether oxygens (including phenoxy) is 3. The van der Waals surface area contributed by atoms with Gasteiger partial charge in [-0.1, -0.05) is 17.7 Å². The van der Waals surface area contributed by atoms with E-state index in [2.05, 4.69) is 5.32 Å². The fourth-order valence-corrected chi connectivity index (χ4v) is 3.73. The second-order valence-corrected chi connectivity index (χ2v) is 8.68. The third-order valence-electron chi connectivity index (χ3n) is 4.36. The number of hydrogen-bond acceptors (Lipinski definition) is 6. The zero-order chi connectivity index (χ0) is 22.3. The number of benzene rings is 2. The van der Waals surface area contributed by atoms with E-state index in [1.807, 2.05) is 32.0 Å². The molecular weight excluding hydrogens is 408 g/mol. The van der Waals surface area contributed by atoms with Crippen LogP contribution in [0.3, 0.4) is 0 Å². The van der Waals surface area contributed by atoms with E-state index in [0.29, 0.717) is 5.75 Å². The van der Waals surface area contributed by atoms with Gasteiger partial charge in [-0.25, -0.2) is 8.42 Å². The normalized spacial score (nSPS) is 11.0. The second kappa shape index (κ2) is 10.2. The maximum Gasteiger partial charge on any atom is 0.240 e. The Labute approximate surface area is 177 Å². The second-order valence-electron chi connectivity index (χ2n) is 6.77. The van der Waals surface area contributed by atoms with Crippen LogP contribution in [0.5, 0.6) is 17.2 Å². The van der Waals surface area contributed by atoms with Gasteiger partial charge in [0.1, 0.15) is 30.4 Å². The molecule has 8 nitrogen and oxygen atoms in total. The van der Waals surface area contributed by atoms with Gasteiger partial charge in [0.05, 0.1) is 32.7 Å². The number of anilines is 1. The van der Waals surface area contributed by atoms with Crippen LogP contribution < -0.4 is 23.8 Å². The van der Waals surface area contributed by atoms with Crippen molar-refractivity contribution < 1.29 is 27.4 Å². The van der Waals surface area contributed by atoms with Crippen molar-refractivity contribution in [2.45, 2.75) is 13.8 Å². The highest BCUT2D eigenvalue weighted by Crippen LogP contribution is 2.33. The van der Waals surface area contributed by atoms with Gasteiger partial charge in [-0.05, 0) is 37.6 Å². The smallest absolute Gasteiger partial charge is 0.240 e. The summed E-state index contributed by atoms with van der Waals surface area (Å²) in [5.41, 5.74) is 2.40. The number of hydrogen-bond donors (Lipinski definition) is 1. The van der Waals surface area contributed by atoms with Crippen molar-refractivity contribution in [2.24, 2.45) is 0 Å². The summed E-state index contributed by atoms with van der Waals surface area (Å²) in [6, 6.07) is 10.5. The highest BCUT2D eigenvalue weighted by molar-refractivity contribution is 7.92. The van der Waals surface area contributed by atoms with E-state index in [4.69, 9.17) is 14.2 Å². The van der Waals surface area contributed by atoms with Gasteiger partial charge < -0.3 is 19.5 Å². The first kappa shape index (κ1) is 23.3. The Morgan fingerprint density at radius 1 is 1.03 bits per heavy atom. The van der Waals surface area contributed by atoms with Crippen LogP contribution in [0.2, 0.25) is 0 Å². The lowest BCUT2D eigenvalue weighted by Crippen LogP contribution is -2.41. The van der Waals surface area contributed by atoms with Crippen LogP contribution >= 0.6 is 0 Å². The Bertz CT molecular complexity index is 991. The van der Waals surface area contributed by atoms with Crippen molar-refractivity contribution in [3.8, 4) is 17.2 Å². The number of nitrogens with one attached hydrogen (secondary N) is 1. The summed E-state index contributed by atoms with van der Waals surface area (Å²) in [5, 5.41) is 2.68. The molecule has 0 atom stereocenters. The maximum atomic E-state index is 12.4. The van der Waals surface area contributed by atoms with Crippen molar-refractivity contribution in [1.82, 2.24) is 5.32 Å². The summed E-state index contributed by atoms with van der Waals surface area (Å²) in [6.07, 6.45) is 1.03. The van der Waals surface area contributed by atoms with Crippen LogP contribution in [0, 0.1) is 13.8 Å². The monoisotopic (exact) mass is 436 g/mol. The van der Waals surface area contributed by atoms with Gasteiger partial charge in [0, 0.05) is 6.07 Å². The first-order valence-electron chi connectivity index (χ1n) is 9.32. The molecule has 2 rings (SSSR count). The van der Waals surface area contributed by atoms with Gasteiger partial charge >= 0.3 is 0 Å². The Morgan fingerprint density at radius 3 is 2.37 bits per heavy atom. The molecule has 0 aliphatic rings. The van der Waals surface area contributed by atoms with Crippen molar-refractivity contribution in [2.75, 3.05) is 44.5 Å². The number of sulfonamides is 1. The van der Waals surface area contributed by atoms with Crippen LogP contribution in [-0.4, -0.2) is 54.5 Å². The van der Waals surface area contributed by atoms with E-state index in [9.17, 15) is 13.2 Å². The zero-order valence-corrected chi connectivity index (χ0v) is 18.7. The molecule has 1 amide bonds.